The number of nitrogens with zero attached hydrogens (tertiary/aromatic N) is 3. The first-order valence-corrected chi connectivity index (χ1v) is 6.84. The van der Waals surface area contributed by atoms with Crippen LogP contribution in [0.25, 0.3) is 16.6 Å². The predicted molar refractivity (Wildman–Crippen MR) is 82.6 cm³/mol. The Bertz CT molecular complexity index is 840. The molecule has 0 saturated heterocycles. The Morgan fingerprint density at radius 2 is 2.10 bits per heavy atom. The molecule has 0 unspecified atom stereocenters. The minimum Gasteiger partial charge on any atom is -0.330 e. The van der Waals surface area contributed by atoms with Crippen molar-refractivity contribution in [1.82, 2.24) is 14.5 Å². The van der Waals surface area contributed by atoms with Crippen LogP contribution in [0.3, 0.4) is 0 Å². The van der Waals surface area contributed by atoms with Gasteiger partial charge in [-0.1, -0.05) is 12.1 Å². The summed E-state index contributed by atoms with van der Waals surface area (Å²) < 4.78 is 1.61. The Morgan fingerprint density at radius 1 is 1.24 bits per heavy atom. The number of hydrogen-bond acceptors (Lipinski definition) is 4. The van der Waals surface area contributed by atoms with Crippen molar-refractivity contribution < 1.29 is 0 Å². The molecule has 1 aromatic carbocycles. The Kier molecular flexibility index (Phi) is 3.50. The van der Waals surface area contributed by atoms with Gasteiger partial charge in [0.2, 0.25) is 0 Å². The van der Waals surface area contributed by atoms with Crippen LogP contribution in [0.1, 0.15) is 11.4 Å². The van der Waals surface area contributed by atoms with Crippen molar-refractivity contribution in [2.75, 3.05) is 6.54 Å². The Balaban J connectivity index is 2.41. The van der Waals surface area contributed by atoms with Gasteiger partial charge in [-0.25, -0.2) is 4.98 Å². The third kappa shape index (κ3) is 2.32. The highest BCUT2D eigenvalue weighted by Crippen LogP contribution is 2.15. The van der Waals surface area contributed by atoms with E-state index in [0.717, 1.165) is 5.56 Å². The molecule has 0 radical (unpaired) electrons. The smallest absolute Gasteiger partial charge is 0.266 e. The fourth-order valence-corrected chi connectivity index (χ4v) is 2.49. The average Bonchev–Trinajstić information content (AvgIpc) is 2.48. The van der Waals surface area contributed by atoms with E-state index >= 15 is 0 Å². The van der Waals surface area contributed by atoms with E-state index in [1.165, 1.54) is 0 Å². The van der Waals surface area contributed by atoms with E-state index in [1.807, 2.05) is 31.2 Å². The topological polar surface area (TPSA) is 73.8 Å². The molecular formula is C16H16N4O. The summed E-state index contributed by atoms with van der Waals surface area (Å²) >= 11 is 0. The van der Waals surface area contributed by atoms with Crippen LogP contribution >= 0.6 is 0 Å². The molecule has 3 rings (SSSR count). The number of pyridine rings is 1. The Labute approximate surface area is 122 Å². The van der Waals surface area contributed by atoms with E-state index in [4.69, 9.17) is 5.73 Å². The number of aryl methyl sites for hydroxylation is 1. The monoisotopic (exact) mass is 280 g/mol. The second-order valence-electron chi connectivity index (χ2n) is 4.89. The first-order valence-electron chi connectivity index (χ1n) is 6.84. The van der Waals surface area contributed by atoms with Crippen LogP contribution in [0, 0.1) is 6.92 Å². The van der Waals surface area contributed by atoms with Gasteiger partial charge in [0.15, 0.2) is 0 Å². The van der Waals surface area contributed by atoms with E-state index in [1.54, 1.807) is 23.0 Å². The molecule has 2 N–H and O–H groups in total. The van der Waals surface area contributed by atoms with Gasteiger partial charge in [0.05, 0.1) is 22.8 Å². The molecule has 0 bridgehead atoms. The molecular weight excluding hydrogens is 264 g/mol. The van der Waals surface area contributed by atoms with Crippen molar-refractivity contribution in [2.24, 2.45) is 5.73 Å². The summed E-state index contributed by atoms with van der Waals surface area (Å²) in [6.07, 6.45) is 3.87. The molecule has 0 atom stereocenters. The normalized spacial score (nSPS) is 11.0. The molecule has 0 aliphatic heterocycles. The van der Waals surface area contributed by atoms with Crippen LogP contribution in [-0.4, -0.2) is 21.1 Å². The molecule has 0 saturated carbocycles. The molecule has 21 heavy (non-hydrogen) atoms. The predicted octanol–water partition coefficient (Wildman–Crippen LogP) is 1.59. The zero-order valence-electron chi connectivity index (χ0n) is 11.8. The van der Waals surface area contributed by atoms with Crippen LogP contribution in [-0.2, 0) is 6.42 Å². The summed E-state index contributed by atoms with van der Waals surface area (Å²) in [6, 6.07) is 9.33. The molecule has 3 aromatic rings. The molecule has 0 amide bonds. The second kappa shape index (κ2) is 5.46. The SMILES string of the molecule is Cc1cccc2nc(CCN)n(-c3cccnc3)c(=O)c12. The molecule has 0 aliphatic rings. The van der Waals surface area contributed by atoms with Crippen molar-refractivity contribution in [3.63, 3.8) is 0 Å². The molecule has 2 aromatic heterocycles. The third-order valence-electron chi connectivity index (χ3n) is 3.45. The molecule has 106 valence electrons. The van der Waals surface area contributed by atoms with E-state index in [0.29, 0.717) is 35.4 Å². The second-order valence-corrected chi connectivity index (χ2v) is 4.89. The highest BCUT2D eigenvalue weighted by atomic mass is 16.1. The highest BCUT2D eigenvalue weighted by molar-refractivity contribution is 5.81. The summed E-state index contributed by atoms with van der Waals surface area (Å²) in [4.78, 5) is 21.6. The maximum Gasteiger partial charge on any atom is 0.266 e. The fraction of sp³-hybridized carbons (Fsp3) is 0.188. The lowest BCUT2D eigenvalue weighted by Gasteiger charge is -2.13. The van der Waals surface area contributed by atoms with Gasteiger partial charge in [-0.15, -0.1) is 0 Å². The minimum atomic E-state index is -0.0745. The number of fused-ring (bicyclic) bond motifs is 1. The minimum absolute atomic E-state index is 0.0745. The van der Waals surface area contributed by atoms with Crippen molar-refractivity contribution in [3.05, 3.63) is 64.5 Å². The number of hydrogen-bond donors (Lipinski definition) is 1. The first kappa shape index (κ1) is 13.5. The number of aromatic nitrogens is 3. The van der Waals surface area contributed by atoms with Crippen LogP contribution in [0.15, 0.2) is 47.5 Å². The van der Waals surface area contributed by atoms with E-state index in [9.17, 15) is 4.79 Å². The van der Waals surface area contributed by atoms with Gasteiger partial charge in [-0.2, -0.15) is 0 Å². The third-order valence-corrected chi connectivity index (χ3v) is 3.45. The maximum absolute atomic E-state index is 12.9. The Hall–Kier alpha value is -2.53. The van der Waals surface area contributed by atoms with Gasteiger partial charge in [0, 0.05) is 12.6 Å². The molecule has 0 aliphatic carbocycles. The van der Waals surface area contributed by atoms with Gasteiger partial charge in [0.25, 0.3) is 5.56 Å². The average molecular weight is 280 g/mol. The highest BCUT2D eigenvalue weighted by Gasteiger charge is 2.13. The zero-order valence-corrected chi connectivity index (χ0v) is 11.8. The lowest BCUT2D eigenvalue weighted by molar-refractivity contribution is 0.793. The van der Waals surface area contributed by atoms with Crippen molar-refractivity contribution in [1.29, 1.82) is 0 Å². The maximum atomic E-state index is 12.9. The standard InChI is InChI=1S/C16H16N4O/c1-11-4-2-6-13-15(11)16(21)20(14(19-13)7-8-17)12-5-3-9-18-10-12/h2-6,9-10H,7-8,17H2,1H3. The van der Waals surface area contributed by atoms with Gasteiger partial charge in [0.1, 0.15) is 5.82 Å². The van der Waals surface area contributed by atoms with E-state index in [-0.39, 0.29) is 5.56 Å². The van der Waals surface area contributed by atoms with Crippen LogP contribution < -0.4 is 11.3 Å². The number of benzene rings is 1. The van der Waals surface area contributed by atoms with E-state index in [2.05, 4.69) is 9.97 Å². The van der Waals surface area contributed by atoms with Crippen molar-refractivity contribution in [2.45, 2.75) is 13.3 Å². The summed E-state index contributed by atoms with van der Waals surface area (Å²) in [6.45, 7) is 2.35. The largest absolute Gasteiger partial charge is 0.330 e. The van der Waals surface area contributed by atoms with Crippen LogP contribution in [0.4, 0.5) is 0 Å². The number of nitrogens with two attached hydrogens (primary N) is 1. The van der Waals surface area contributed by atoms with Gasteiger partial charge < -0.3 is 5.73 Å². The van der Waals surface area contributed by atoms with Gasteiger partial charge in [-0.05, 0) is 37.2 Å². The van der Waals surface area contributed by atoms with E-state index < -0.39 is 0 Å². The summed E-state index contributed by atoms with van der Waals surface area (Å²) in [5.41, 5.74) is 7.93. The lowest BCUT2D eigenvalue weighted by atomic mass is 10.1. The van der Waals surface area contributed by atoms with Gasteiger partial charge >= 0.3 is 0 Å². The molecule has 5 nitrogen and oxygen atoms in total. The summed E-state index contributed by atoms with van der Waals surface area (Å²) in [5, 5.41) is 0.641. The lowest BCUT2D eigenvalue weighted by Crippen LogP contribution is -2.26. The molecule has 0 fully saturated rings. The van der Waals surface area contributed by atoms with Crippen LogP contribution in [0.2, 0.25) is 0 Å². The molecule has 0 spiro atoms. The fourth-order valence-electron chi connectivity index (χ4n) is 2.49. The molecule has 2 heterocycles. The Morgan fingerprint density at radius 3 is 2.81 bits per heavy atom. The first-order chi connectivity index (χ1) is 10.2. The van der Waals surface area contributed by atoms with Crippen molar-refractivity contribution in [3.8, 4) is 5.69 Å². The van der Waals surface area contributed by atoms with Gasteiger partial charge in [-0.3, -0.25) is 14.3 Å². The van der Waals surface area contributed by atoms with Crippen LogP contribution in [0.5, 0.6) is 0 Å². The quantitative estimate of drug-likeness (QED) is 0.790. The summed E-state index contributed by atoms with van der Waals surface area (Å²) in [7, 11) is 0. The van der Waals surface area contributed by atoms with Crippen molar-refractivity contribution >= 4 is 10.9 Å². The zero-order chi connectivity index (χ0) is 14.8. The summed E-state index contributed by atoms with van der Waals surface area (Å²) in [5.74, 6) is 0.661. The number of rotatable bonds is 3. The molecule has 5 heteroatoms.